The summed E-state index contributed by atoms with van der Waals surface area (Å²) in [5, 5.41) is 9.97. The predicted octanol–water partition coefficient (Wildman–Crippen LogP) is 3.08. The van der Waals surface area contributed by atoms with Crippen LogP contribution in [0.3, 0.4) is 0 Å². The molecule has 9 heteroatoms. The number of H-pyrrole nitrogens is 1. The van der Waals surface area contributed by atoms with Crippen molar-refractivity contribution in [1.82, 2.24) is 15.1 Å². The number of rotatable bonds is 7. The van der Waals surface area contributed by atoms with Crippen molar-refractivity contribution >= 4 is 39.9 Å². The number of benzene rings is 2. The van der Waals surface area contributed by atoms with Crippen LogP contribution in [0.1, 0.15) is 24.3 Å². The summed E-state index contributed by atoms with van der Waals surface area (Å²) in [7, 11) is 0. The van der Waals surface area contributed by atoms with Gasteiger partial charge in [0.25, 0.3) is 17.4 Å². The third-order valence-corrected chi connectivity index (χ3v) is 4.86. The molecule has 3 aromatic rings. The molecule has 0 aliphatic carbocycles. The Morgan fingerprint density at radius 2 is 1.83 bits per heavy atom. The Balaban J connectivity index is 1.73. The molecular weight excluding hydrogens is 408 g/mol. The molecule has 8 nitrogen and oxygen atoms in total. The van der Waals surface area contributed by atoms with Crippen molar-refractivity contribution in [3.63, 3.8) is 0 Å². The zero-order valence-corrected chi connectivity index (χ0v) is 17.3. The van der Waals surface area contributed by atoms with Crippen LogP contribution in [-0.2, 0) is 4.79 Å². The van der Waals surface area contributed by atoms with Gasteiger partial charge < -0.3 is 15.0 Å². The molecule has 0 saturated heterocycles. The molecule has 0 spiro atoms. The number of likely N-dealkylation sites (N-methyl/N-ethyl adjacent to an activating group) is 1. The molecule has 2 amide bonds. The van der Waals surface area contributed by atoms with Crippen LogP contribution in [0.4, 0.5) is 5.69 Å². The van der Waals surface area contributed by atoms with E-state index in [0.29, 0.717) is 35.3 Å². The van der Waals surface area contributed by atoms with E-state index in [1.54, 1.807) is 41.3 Å². The molecule has 0 aliphatic rings. The number of aromatic amines is 1. The average Bonchev–Trinajstić information content (AvgIpc) is 2.74. The number of amides is 2. The lowest BCUT2D eigenvalue weighted by Crippen LogP contribution is -2.34. The fourth-order valence-electron chi connectivity index (χ4n) is 2.98. The molecule has 156 valence electrons. The molecule has 1 aromatic heterocycles. The van der Waals surface area contributed by atoms with Crippen molar-refractivity contribution in [3.8, 4) is 5.75 Å². The highest BCUT2D eigenvalue weighted by atomic mass is 35.5. The van der Waals surface area contributed by atoms with Gasteiger partial charge >= 0.3 is 0 Å². The number of ether oxygens (including phenoxy) is 1. The van der Waals surface area contributed by atoms with Gasteiger partial charge in [-0.2, -0.15) is 5.10 Å². The highest BCUT2D eigenvalue weighted by Gasteiger charge is 2.16. The van der Waals surface area contributed by atoms with Crippen molar-refractivity contribution in [2.45, 2.75) is 13.8 Å². The summed E-state index contributed by atoms with van der Waals surface area (Å²) in [6, 6.07) is 11.4. The zero-order chi connectivity index (χ0) is 21.7. The van der Waals surface area contributed by atoms with Gasteiger partial charge in [-0.1, -0.05) is 29.8 Å². The second-order valence-electron chi connectivity index (χ2n) is 6.40. The number of fused-ring (bicyclic) bond motifs is 1. The van der Waals surface area contributed by atoms with Crippen LogP contribution in [-0.4, -0.2) is 46.6 Å². The topological polar surface area (TPSA) is 104 Å². The van der Waals surface area contributed by atoms with Gasteiger partial charge in [0, 0.05) is 24.2 Å². The lowest BCUT2D eigenvalue weighted by atomic mass is 10.1. The van der Waals surface area contributed by atoms with Crippen molar-refractivity contribution in [2.75, 3.05) is 25.0 Å². The molecule has 0 unspecified atom stereocenters. The summed E-state index contributed by atoms with van der Waals surface area (Å²) >= 11 is 6.24. The molecule has 0 atom stereocenters. The van der Waals surface area contributed by atoms with E-state index in [9.17, 15) is 14.4 Å². The first-order valence-electron chi connectivity index (χ1n) is 9.43. The standard InChI is InChI=1S/C21H21ClN4O4/c1-3-26(4-2)18(27)12-30-17-10-9-13(11-16(17)22)23-21(29)19-14-7-5-6-8-15(14)20(28)25-24-19/h5-11H,3-4,12H2,1-2H3,(H,23,29)(H,25,28). The summed E-state index contributed by atoms with van der Waals surface area (Å²) in [4.78, 5) is 38.3. The van der Waals surface area contributed by atoms with Crippen molar-refractivity contribution < 1.29 is 14.3 Å². The van der Waals surface area contributed by atoms with Gasteiger partial charge in [-0.05, 0) is 38.1 Å². The maximum atomic E-state index is 12.7. The van der Waals surface area contributed by atoms with Crippen LogP contribution >= 0.6 is 11.6 Å². The van der Waals surface area contributed by atoms with Crippen molar-refractivity contribution in [2.24, 2.45) is 0 Å². The van der Waals surface area contributed by atoms with Gasteiger partial charge in [0.05, 0.1) is 10.4 Å². The minimum absolute atomic E-state index is 0.0893. The molecule has 3 rings (SSSR count). The quantitative estimate of drug-likeness (QED) is 0.601. The van der Waals surface area contributed by atoms with Gasteiger partial charge in [0.2, 0.25) is 0 Å². The van der Waals surface area contributed by atoms with Crippen LogP contribution in [0.25, 0.3) is 10.8 Å². The highest BCUT2D eigenvalue weighted by molar-refractivity contribution is 6.32. The Morgan fingerprint density at radius 3 is 2.50 bits per heavy atom. The zero-order valence-electron chi connectivity index (χ0n) is 16.6. The molecule has 0 saturated carbocycles. The Morgan fingerprint density at radius 1 is 1.13 bits per heavy atom. The minimum Gasteiger partial charge on any atom is -0.482 e. The first-order chi connectivity index (χ1) is 14.4. The largest absolute Gasteiger partial charge is 0.482 e. The lowest BCUT2D eigenvalue weighted by Gasteiger charge is -2.19. The monoisotopic (exact) mass is 428 g/mol. The number of carbonyl (C=O) groups is 2. The molecule has 2 aromatic carbocycles. The van der Waals surface area contributed by atoms with Crippen LogP contribution in [0, 0.1) is 0 Å². The molecule has 2 N–H and O–H groups in total. The molecule has 0 fully saturated rings. The molecule has 0 bridgehead atoms. The van der Waals surface area contributed by atoms with Crippen molar-refractivity contribution in [3.05, 3.63) is 63.5 Å². The number of hydrogen-bond acceptors (Lipinski definition) is 5. The summed E-state index contributed by atoms with van der Waals surface area (Å²) < 4.78 is 5.51. The number of aromatic nitrogens is 2. The van der Waals surface area contributed by atoms with E-state index < -0.39 is 5.91 Å². The fourth-order valence-corrected chi connectivity index (χ4v) is 3.22. The third-order valence-electron chi connectivity index (χ3n) is 4.57. The number of anilines is 1. The van der Waals surface area contributed by atoms with E-state index in [0.717, 1.165) is 0 Å². The number of nitrogens with zero attached hydrogens (tertiary/aromatic N) is 2. The van der Waals surface area contributed by atoms with E-state index in [1.165, 1.54) is 6.07 Å². The van der Waals surface area contributed by atoms with Crippen LogP contribution in [0.15, 0.2) is 47.3 Å². The number of halogens is 1. The Bertz CT molecular complexity index is 1140. The fraction of sp³-hybridized carbons (Fsp3) is 0.238. The summed E-state index contributed by atoms with van der Waals surface area (Å²) in [5.41, 5.74) is 0.141. The minimum atomic E-state index is -0.496. The smallest absolute Gasteiger partial charge is 0.276 e. The average molecular weight is 429 g/mol. The Kier molecular flexibility index (Phi) is 6.68. The van der Waals surface area contributed by atoms with Crippen LogP contribution in [0.2, 0.25) is 5.02 Å². The van der Waals surface area contributed by atoms with Gasteiger partial charge in [0.1, 0.15) is 5.75 Å². The van der Waals surface area contributed by atoms with Crippen molar-refractivity contribution in [1.29, 1.82) is 0 Å². The Labute approximate surface area is 177 Å². The highest BCUT2D eigenvalue weighted by Crippen LogP contribution is 2.28. The van der Waals surface area contributed by atoms with Gasteiger partial charge in [-0.25, -0.2) is 5.10 Å². The molecule has 1 heterocycles. The molecule has 0 aliphatic heterocycles. The second-order valence-corrected chi connectivity index (χ2v) is 6.81. The second kappa shape index (κ2) is 9.41. The van der Waals surface area contributed by atoms with E-state index >= 15 is 0 Å². The molecule has 0 radical (unpaired) electrons. The summed E-state index contributed by atoms with van der Waals surface area (Å²) in [6.07, 6.45) is 0. The summed E-state index contributed by atoms with van der Waals surface area (Å²) in [6.45, 7) is 4.87. The van der Waals surface area contributed by atoms with Crippen LogP contribution < -0.4 is 15.6 Å². The van der Waals surface area contributed by atoms with E-state index in [2.05, 4.69) is 15.5 Å². The third kappa shape index (κ3) is 4.60. The van der Waals surface area contributed by atoms with Gasteiger partial charge in [-0.15, -0.1) is 0 Å². The van der Waals surface area contributed by atoms with E-state index in [1.807, 2.05) is 13.8 Å². The number of carbonyl (C=O) groups excluding carboxylic acids is 2. The SMILES string of the molecule is CCN(CC)C(=O)COc1ccc(NC(=O)c2n[nH]c(=O)c3ccccc23)cc1Cl. The molecular formula is C21H21ClN4O4. The number of nitrogens with one attached hydrogen (secondary N) is 2. The first kappa shape index (κ1) is 21.3. The van der Waals surface area contributed by atoms with Gasteiger partial charge in [0.15, 0.2) is 12.3 Å². The van der Waals surface area contributed by atoms with Gasteiger partial charge in [-0.3, -0.25) is 14.4 Å². The molecule has 30 heavy (non-hydrogen) atoms. The normalized spacial score (nSPS) is 10.6. The Hall–Kier alpha value is -3.39. The van der Waals surface area contributed by atoms with Crippen LogP contribution in [0.5, 0.6) is 5.75 Å². The lowest BCUT2D eigenvalue weighted by molar-refractivity contribution is -0.132. The maximum absolute atomic E-state index is 12.7. The number of hydrogen-bond donors (Lipinski definition) is 2. The van der Waals surface area contributed by atoms with E-state index in [4.69, 9.17) is 16.3 Å². The maximum Gasteiger partial charge on any atom is 0.276 e. The first-order valence-corrected chi connectivity index (χ1v) is 9.81. The predicted molar refractivity (Wildman–Crippen MR) is 115 cm³/mol. The van der Waals surface area contributed by atoms with E-state index in [-0.39, 0.29) is 28.8 Å². The summed E-state index contributed by atoms with van der Waals surface area (Å²) in [5.74, 6) is -0.295.